The van der Waals surface area contributed by atoms with Gasteiger partial charge in [-0.3, -0.25) is 4.79 Å². The molecule has 1 aliphatic heterocycles. The van der Waals surface area contributed by atoms with Crippen molar-refractivity contribution in [3.8, 4) is 0 Å². The van der Waals surface area contributed by atoms with E-state index in [1.807, 2.05) is 39.0 Å². The van der Waals surface area contributed by atoms with E-state index in [1.54, 1.807) is 29.2 Å². The summed E-state index contributed by atoms with van der Waals surface area (Å²) in [7, 11) is 0. The SMILES string of the molecule is CC(C)(C)C(=O)N1CCc2ccc(NC(=O)Nc3cccc(Cl)c3)cc21. The van der Waals surface area contributed by atoms with Crippen LogP contribution in [0.25, 0.3) is 0 Å². The first kappa shape index (κ1) is 18.3. The van der Waals surface area contributed by atoms with Crippen LogP contribution in [0.1, 0.15) is 26.3 Å². The molecule has 6 heteroatoms. The number of nitrogens with one attached hydrogen (secondary N) is 2. The minimum absolute atomic E-state index is 0.0804. The van der Waals surface area contributed by atoms with Gasteiger partial charge in [-0.25, -0.2) is 4.79 Å². The van der Waals surface area contributed by atoms with Crippen molar-refractivity contribution in [1.82, 2.24) is 0 Å². The molecular formula is C20H22ClN3O2. The largest absolute Gasteiger partial charge is 0.323 e. The van der Waals surface area contributed by atoms with Gasteiger partial charge in [-0.2, -0.15) is 0 Å². The summed E-state index contributed by atoms with van der Waals surface area (Å²) >= 11 is 5.93. The molecule has 26 heavy (non-hydrogen) atoms. The van der Waals surface area contributed by atoms with Crippen LogP contribution in [-0.2, 0) is 11.2 Å². The lowest BCUT2D eigenvalue weighted by molar-refractivity contribution is -0.125. The second kappa shape index (κ2) is 7.00. The smallest absolute Gasteiger partial charge is 0.311 e. The molecule has 0 bridgehead atoms. The summed E-state index contributed by atoms with van der Waals surface area (Å²) in [6, 6.07) is 12.2. The Morgan fingerprint density at radius 1 is 1.04 bits per heavy atom. The third kappa shape index (κ3) is 3.99. The van der Waals surface area contributed by atoms with E-state index in [-0.39, 0.29) is 11.9 Å². The molecule has 0 aliphatic carbocycles. The molecule has 5 nitrogen and oxygen atoms in total. The number of carbonyl (C=O) groups excluding carboxylic acids is 2. The van der Waals surface area contributed by atoms with E-state index >= 15 is 0 Å². The van der Waals surface area contributed by atoms with Gasteiger partial charge in [-0.15, -0.1) is 0 Å². The van der Waals surface area contributed by atoms with Crippen LogP contribution in [0.5, 0.6) is 0 Å². The highest BCUT2D eigenvalue weighted by Gasteiger charge is 2.32. The first-order valence-electron chi connectivity index (χ1n) is 8.52. The van der Waals surface area contributed by atoms with Gasteiger partial charge in [0.05, 0.1) is 0 Å². The fraction of sp³-hybridized carbons (Fsp3) is 0.300. The normalized spacial score (nSPS) is 13.3. The molecule has 2 aromatic rings. The van der Waals surface area contributed by atoms with Gasteiger partial charge >= 0.3 is 6.03 Å². The van der Waals surface area contributed by atoms with Gasteiger partial charge in [-0.05, 0) is 42.3 Å². The van der Waals surface area contributed by atoms with Crippen molar-refractivity contribution in [1.29, 1.82) is 0 Å². The number of fused-ring (bicyclic) bond motifs is 1. The van der Waals surface area contributed by atoms with Crippen LogP contribution < -0.4 is 15.5 Å². The van der Waals surface area contributed by atoms with Gasteiger partial charge in [0.15, 0.2) is 0 Å². The van der Waals surface area contributed by atoms with E-state index in [4.69, 9.17) is 11.6 Å². The van der Waals surface area contributed by atoms with Crippen LogP contribution in [0.15, 0.2) is 42.5 Å². The lowest BCUT2D eigenvalue weighted by Gasteiger charge is -2.26. The number of carbonyl (C=O) groups is 2. The summed E-state index contributed by atoms with van der Waals surface area (Å²) in [4.78, 5) is 26.7. The summed E-state index contributed by atoms with van der Waals surface area (Å²) < 4.78 is 0. The van der Waals surface area contributed by atoms with Crippen LogP contribution in [0, 0.1) is 5.41 Å². The number of halogens is 1. The molecule has 3 rings (SSSR count). The van der Waals surface area contributed by atoms with E-state index in [1.165, 1.54) is 0 Å². The highest BCUT2D eigenvalue weighted by molar-refractivity contribution is 6.30. The van der Waals surface area contributed by atoms with E-state index in [2.05, 4.69) is 10.6 Å². The maximum absolute atomic E-state index is 12.6. The van der Waals surface area contributed by atoms with Crippen molar-refractivity contribution < 1.29 is 9.59 Å². The number of rotatable bonds is 2. The number of hydrogen-bond donors (Lipinski definition) is 2. The Hall–Kier alpha value is -2.53. The number of nitrogens with zero attached hydrogens (tertiary/aromatic N) is 1. The predicted molar refractivity (Wildman–Crippen MR) is 106 cm³/mol. The zero-order chi connectivity index (χ0) is 18.9. The molecule has 2 N–H and O–H groups in total. The lowest BCUT2D eigenvalue weighted by Crippen LogP contribution is -2.38. The number of urea groups is 1. The third-order valence-corrected chi connectivity index (χ3v) is 4.44. The molecule has 136 valence electrons. The number of hydrogen-bond acceptors (Lipinski definition) is 2. The summed E-state index contributed by atoms with van der Waals surface area (Å²) in [5.41, 5.74) is 2.78. The maximum atomic E-state index is 12.6. The Labute approximate surface area is 158 Å². The average molecular weight is 372 g/mol. The quantitative estimate of drug-likeness (QED) is 0.787. The molecule has 0 saturated carbocycles. The maximum Gasteiger partial charge on any atom is 0.323 e. The van der Waals surface area contributed by atoms with Crippen molar-refractivity contribution in [3.05, 3.63) is 53.1 Å². The standard InChI is InChI=1S/C20H22ClN3O2/c1-20(2,3)18(25)24-10-9-13-7-8-16(12-17(13)24)23-19(26)22-15-6-4-5-14(21)11-15/h4-8,11-12H,9-10H2,1-3H3,(H2,22,23,26). The molecule has 1 aliphatic rings. The zero-order valence-electron chi connectivity index (χ0n) is 15.1. The monoisotopic (exact) mass is 371 g/mol. The minimum atomic E-state index is -0.449. The van der Waals surface area contributed by atoms with Crippen molar-refractivity contribution >= 4 is 40.6 Å². The molecule has 1 heterocycles. The number of amides is 3. The molecule has 0 spiro atoms. The number of benzene rings is 2. The van der Waals surface area contributed by atoms with Crippen LogP contribution in [0.2, 0.25) is 5.02 Å². The summed E-state index contributed by atoms with van der Waals surface area (Å²) in [5.74, 6) is 0.0804. The van der Waals surface area contributed by atoms with Crippen molar-refractivity contribution in [2.24, 2.45) is 5.41 Å². The zero-order valence-corrected chi connectivity index (χ0v) is 15.9. The van der Waals surface area contributed by atoms with Crippen molar-refractivity contribution in [2.45, 2.75) is 27.2 Å². The Balaban J connectivity index is 1.74. The second-order valence-electron chi connectivity index (χ2n) is 7.39. The summed E-state index contributed by atoms with van der Waals surface area (Å²) in [5, 5.41) is 6.10. The highest BCUT2D eigenvalue weighted by atomic mass is 35.5. The molecule has 0 unspecified atom stereocenters. The van der Waals surface area contributed by atoms with Gasteiger partial charge in [0.1, 0.15) is 0 Å². The van der Waals surface area contributed by atoms with E-state index in [0.717, 1.165) is 17.7 Å². The van der Waals surface area contributed by atoms with E-state index < -0.39 is 5.41 Å². The topological polar surface area (TPSA) is 61.4 Å². The van der Waals surface area contributed by atoms with E-state index in [0.29, 0.717) is 22.9 Å². The van der Waals surface area contributed by atoms with Gasteiger partial charge in [0.2, 0.25) is 5.91 Å². The molecule has 0 fully saturated rings. The molecule has 0 aromatic heterocycles. The average Bonchev–Trinajstić information content (AvgIpc) is 2.96. The summed E-state index contributed by atoms with van der Waals surface area (Å²) in [6.07, 6.45) is 0.826. The minimum Gasteiger partial charge on any atom is -0.311 e. The molecule has 0 atom stereocenters. The fourth-order valence-corrected chi connectivity index (χ4v) is 3.12. The van der Waals surface area contributed by atoms with Crippen LogP contribution in [-0.4, -0.2) is 18.5 Å². The first-order valence-corrected chi connectivity index (χ1v) is 8.90. The van der Waals surface area contributed by atoms with Crippen molar-refractivity contribution in [2.75, 3.05) is 22.1 Å². The molecule has 0 radical (unpaired) electrons. The second-order valence-corrected chi connectivity index (χ2v) is 7.83. The highest BCUT2D eigenvalue weighted by Crippen LogP contribution is 2.34. The first-order chi connectivity index (χ1) is 12.2. The van der Waals surface area contributed by atoms with Gasteiger partial charge in [0.25, 0.3) is 0 Å². The lowest BCUT2D eigenvalue weighted by atomic mass is 9.94. The molecule has 3 amide bonds. The van der Waals surface area contributed by atoms with Crippen LogP contribution >= 0.6 is 11.6 Å². The Morgan fingerprint density at radius 2 is 1.73 bits per heavy atom. The van der Waals surface area contributed by atoms with Crippen LogP contribution in [0.4, 0.5) is 21.9 Å². The fourth-order valence-electron chi connectivity index (χ4n) is 2.93. The van der Waals surface area contributed by atoms with Gasteiger partial charge in [0, 0.05) is 34.0 Å². The van der Waals surface area contributed by atoms with Gasteiger partial charge < -0.3 is 15.5 Å². The van der Waals surface area contributed by atoms with Crippen molar-refractivity contribution in [3.63, 3.8) is 0 Å². The molecule has 0 saturated heterocycles. The predicted octanol–water partition coefficient (Wildman–Crippen LogP) is 4.92. The Bertz CT molecular complexity index is 858. The van der Waals surface area contributed by atoms with E-state index in [9.17, 15) is 9.59 Å². The number of anilines is 3. The Morgan fingerprint density at radius 3 is 2.38 bits per heavy atom. The summed E-state index contributed by atoms with van der Waals surface area (Å²) in [6.45, 7) is 6.40. The molecular weight excluding hydrogens is 350 g/mol. The third-order valence-electron chi connectivity index (χ3n) is 4.21. The van der Waals surface area contributed by atoms with Crippen LogP contribution in [0.3, 0.4) is 0 Å². The van der Waals surface area contributed by atoms with Gasteiger partial charge in [-0.1, -0.05) is 44.5 Å². The molecule has 2 aromatic carbocycles. The Kier molecular flexibility index (Phi) is 4.92.